The quantitative estimate of drug-likeness (QED) is 0.491. The monoisotopic (exact) mass is 424 g/mol. The van der Waals surface area contributed by atoms with Crippen LogP contribution in [0.4, 0.5) is 8.78 Å². The molecule has 0 aliphatic carbocycles. The lowest BCUT2D eigenvalue weighted by atomic mass is 9.86. The van der Waals surface area contributed by atoms with Crippen molar-refractivity contribution in [2.45, 2.75) is 38.5 Å². The molecule has 0 radical (unpaired) electrons. The number of halogens is 2. The minimum Gasteiger partial charge on any atom is -0.381 e. The number of aryl methyl sites for hydroxylation is 1. The number of hydrogen-bond donors (Lipinski definition) is 1. The van der Waals surface area contributed by atoms with Crippen LogP contribution in [0.25, 0.3) is 11.3 Å². The van der Waals surface area contributed by atoms with E-state index in [2.05, 4.69) is 27.3 Å². The third-order valence-corrected chi connectivity index (χ3v) is 5.52. The van der Waals surface area contributed by atoms with Crippen molar-refractivity contribution in [3.05, 3.63) is 84.1 Å². The smallest absolute Gasteiger partial charge is 0.137 e. The highest BCUT2D eigenvalue weighted by Gasteiger charge is 2.41. The van der Waals surface area contributed by atoms with Gasteiger partial charge in [-0.05, 0) is 25.0 Å². The van der Waals surface area contributed by atoms with Crippen LogP contribution in [0.15, 0.2) is 61.3 Å². The summed E-state index contributed by atoms with van der Waals surface area (Å²) in [4.78, 5) is 3.88. The molecule has 7 nitrogen and oxygen atoms in total. The Hall–Kier alpha value is -3.46. The zero-order chi connectivity index (χ0) is 22.0. The highest BCUT2D eigenvalue weighted by atomic mass is 19.1. The molecule has 0 aliphatic rings. The van der Waals surface area contributed by atoms with Gasteiger partial charge in [-0.3, -0.25) is 0 Å². The Bertz CT molecular complexity index is 1160. The molecule has 0 bridgehead atoms. The maximum Gasteiger partial charge on any atom is 0.137 e. The van der Waals surface area contributed by atoms with Gasteiger partial charge in [0.15, 0.2) is 0 Å². The standard InChI is InChI=1S/C22H22F2N6O/c1-3-16-4-6-17(7-5-16)21-11-30(28-27-21)15(2)22(31,12-29-14-25-13-26-29)19-9-8-18(23)10-20(19)24/h4-11,13-15,31H,3,12H2,1-2H3/t15-,22-/m1/s1. The predicted octanol–water partition coefficient (Wildman–Crippen LogP) is 3.53. The molecule has 4 rings (SSSR count). The van der Waals surface area contributed by atoms with Crippen LogP contribution < -0.4 is 0 Å². The second-order valence-electron chi connectivity index (χ2n) is 7.45. The first-order chi connectivity index (χ1) is 14.9. The molecule has 2 aromatic heterocycles. The molecule has 160 valence electrons. The van der Waals surface area contributed by atoms with Crippen molar-refractivity contribution in [3.8, 4) is 11.3 Å². The van der Waals surface area contributed by atoms with Gasteiger partial charge in [0, 0.05) is 17.2 Å². The second kappa shape index (κ2) is 8.35. The molecule has 0 fully saturated rings. The fourth-order valence-corrected chi connectivity index (χ4v) is 3.57. The molecule has 0 unspecified atom stereocenters. The van der Waals surface area contributed by atoms with Crippen LogP contribution >= 0.6 is 0 Å². The van der Waals surface area contributed by atoms with Gasteiger partial charge in [0.1, 0.15) is 35.6 Å². The first kappa shape index (κ1) is 20.8. The third kappa shape index (κ3) is 4.09. The van der Waals surface area contributed by atoms with Gasteiger partial charge in [-0.15, -0.1) is 5.10 Å². The van der Waals surface area contributed by atoms with Crippen molar-refractivity contribution >= 4 is 0 Å². The molecule has 2 aromatic carbocycles. The van der Waals surface area contributed by atoms with E-state index in [9.17, 15) is 13.9 Å². The lowest BCUT2D eigenvalue weighted by Gasteiger charge is -2.34. The Balaban J connectivity index is 1.72. The van der Waals surface area contributed by atoms with Crippen molar-refractivity contribution in [2.75, 3.05) is 0 Å². The summed E-state index contributed by atoms with van der Waals surface area (Å²) in [7, 11) is 0. The van der Waals surface area contributed by atoms with E-state index in [0.717, 1.165) is 24.1 Å². The highest BCUT2D eigenvalue weighted by Crippen LogP contribution is 2.36. The Labute approximate surface area is 178 Å². The Morgan fingerprint density at radius 3 is 2.55 bits per heavy atom. The lowest BCUT2D eigenvalue weighted by Crippen LogP contribution is -2.41. The lowest BCUT2D eigenvalue weighted by molar-refractivity contribution is -0.0374. The fourth-order valence-electron chi connectivity index (χ4n) is 3.57. The van der Waals surface area contributed by atoms with E-state index in [1.54, 1.807) is 13.1 Å². The van der Waals surface area contributed by atoms with E-state index in [0.29, 0.717) is 5.69 Å². The SMILES string of the molecule is CCc1ccc(-c2cn([C@H](C)[C@](O)(Cn3cncn3)c3ccc(F)cc3F)nn2)cc1. The molecule has 0 spiro atoms. The van der Waals surface area contributed by atoms with Crippen LogP contribution in [-0.4, -0.2) is 34.9 Å². The molecule has 31 heavy (non-hydrogen) atoms. The van der Waals surface area contributed by atoms with E-state index >= 15 is 0 Å². The summed E-state index contributed by atoms with van der Waals surface area (Å²) >= 11 is 0. The molecule has 2 heterocycles. The summed E-state index contributed by atoms with van der Waals surface area (Å²) < 4.78 is 31.1. The molecule has 2 atom stereocenters. The maximum absolute atomic E-state index is 14.7. The molecule has 0 saturated heterocycles. The summed E-state index contributed by atoms with van der Waals surface area (Å²) in [5, 5.41) is 24.1. The molecule has 1 N–H and O–H groups in total. The number of aromatic nitrogens is 6. The largest absolute Gasteiger partial charge is 0.381 e. The van der Waals surface area contributed by atoms with Crippen LogP contribution in [0, 0.1) is 11.6 Å². The number of hydrogen-bond acceptors (Lipinski definition) is 5. The minimum absolute atomic E-state index is 0.0683. The average molecular weight is 424 g/mol. The van der Waals surface area contributed by atoms with E-state index in [1.807, 2.05) is 24.3 Å². The number of rotatable bonds is 7. The van der Waals surface area contributed by atoms with Crippen LogP contribution in [0.1, 0.15) is 31.0 Å². The van der Waals surface area contributed by atoms with Gasteiger partial charge in [-0.2, -0.15) is 5.10 Å². The second-order valence-corrected chi connectivity index (χ2v) is 7.45. The van der Waals surface area contributed by atoms with E-state index in [1.165, 1.54) is 33.6 Å². The summed E-state index contributed by atoms with van der Waals surface area (Å²) in [5.41, 5.74) is 0.836. The minimum atomic E-state index is -1.80. The summed E-state index contributed by atoms with van der Waals surface area (Å²) in [6.45, 7) is 3.66. The van der Waals surface area contributed by atoms with E-state index in [4.69, 9.17) is 0 Å². The molecule has 0 aliphatic heterocycles. The van der Waals surface area contributed by atoms with Crippen LogP contribution in [-0.2, 0) is 18.6 Å². The molecule has 0 saturated carbocycles. The Morgan fingerprint density at radius 1 is 1.13 bits per heavy atom. The van der Waals surface area contributed by atoms with Crippen molar-refractivity contribution in [1.82, 2.24) is 29.8 Å². The van der Waals surface area contributed by atoms with Gasteiger partial charge >= 0.3 is 0 Å². The third-order valence-electron chi connectivity index (χ3n) is 5.52. The molecule has 4 aromatic rings. The van der Waals surface area contributed by atoms with Gasteiger partial charge in [0.25, 0.3) is 0 Å². The molecule has 9 heteroatoms. The topological polar surface area (TPSA) is 81.7 Å². The van der Waals surface area contributed by atoms with Crippen molar-refractivity contribution in [3.63, 3.8) is 0 Å². The van der Waals surface area contributed by atoms with Crippen LogP contribution in [0.3, 0.4) is 0 Å². The van der Waals surface area contributed by atoms with Crippen LogP contribution in [0.5, 0.6) is 0 Å². The van der Waals surface area contributed by atoms with Crippen molar-refractivity contribution < 1.29 is 13.9 Å². The first-order valence-electron chi connectivity index (χ1n) is 9.92. The predicted molar refractivity (Wildman–Crippen MR) is 110 cm³/mol. The summed E-state index contributed by atoms with van der Waals surface area (Å²) in [6.07, 6.45) is 5.36. The number of nitrogens with zero attached hydrogens (tertiary/aromatic N) is 6. The van der Waals surface area contributed by atoms with E-state index in [-0.39, 0.29) is 12.1 Å². The van der Waals surface area contributed by atoms with Gasteiger partial charge in [-0.1, -0.05) is 42.5 Å². The van der Waals surface area contributed by atoms with Crippen molar-refractivity contribution in [2.24, 2.45) is 0 Å². The van der Waals surface area contributed by atoms with Gasteiger partial charge in [0.2, 0.25) is 0 Å². The van der Waals surface area contributed by atoms with Crippen molar-refractivity contribution in [1.29, 1.82) is 0 Å². The maximum atomic E-state index is 14.7. The van der Waals surface area contributed by atoms with Gasteiger partial charge in [-0.25, -0.2) is 23.1 Å². The normalized spacial score (nSPS) is 14.4. The molecular weight excluding hydrogens is 402 g/mol. The average Bonchev–Trinajstić information content (AvgIpc) is 3.45. The molecular formula is C22H22F2N6O. The summed E-state index contributed by atoms with van der Waals surface area (Å²) in [5.74, 6) is -1.58. The van der Waals surface area contributed by atoms with E-state index < -0.39 is 23.3 Å². The Kier molecular flexibility index (Phi) is 5.60. The zero-order valence-electron chi connectivity index (χ0n) is 17.2. The number of benzene rings is 2. The van der Waals surface area contributed by atoms with Crippen LogP contribution in [0.2, 0.25) is 0 Å². The number of aliphatic hydroxyl groups is 1. The highest BCUT2D eigenvalue weighted by molar-refractivity contribution is 5.58. The first-order valence-corrected chi connectivity index (χ1v) is 9.92. The fraction of sp³-hybridized carbons (Fsp3) is 0.273. The Morgan fingerprint density at radius 2 is 1.90 bits per heavy atom. The van der Waals surface area contributed by atoms with Gasteiger partial charge < -0.3 is 5.11 Å². The molecule has 0 amide bonds. The van der Waals surface area contributed by atoms with Gasteiger partial charge in [0.05, 0.1) is 18.8 Å². The zero-order valence-corrected chi connectivity index (χ0v) is 17.2. The summed E-state index contributed by atoms with van der Waals surface area (Å²) in [6, 6.07) is 10.3.